The molecule has 0 amide bonds. The first-order valence-electron chi connectivity index (χ1n) is 7.92. The molecule has 0 aliphatic carbocycles. The van der Waals surface area contributed by atoms with Crippen LogP contribution in [-0.4, -0.2) is 22.6 Å². The number of aryl methyl sites for hydroxylation is 3. The smallest absolute Gasteiger partial charge is 0.138 e. The average Bonchev–Trinajstić information content (AvgIpc) is 3.11. The van der Waals surface area contributed by atoms with E-state index in [9.17, 15) is 0 Å². The Morgan fingerprint density at radius 2 is 2.29 bits per heavy atom. The van der Waals surface area contributed by atoms with Gasteiger partial charge in [0.2, 0.25) is 0 Å². The summed E-state index contributed by atoms with van der Waals surface area (Å²) in [6.07, 6.45) is 6.49. The Morgan fingerprint density at radius 1 is 1.38 bits per heavy atom. The molecule has 0 N–H and O–H groups in total. The number of likely N-dealkylation sites (tertiary alicyclic amines) is 1. The molecule has 1 atom stereocenters. The Kier molecular flexibility index (Phi) is 4.76. The van der Waals surface area contributed by atoms with Crippen LogP contribution in [0.25, 0.3) is 0 Å². The first-order chi connectivity index (χ1) is 10.2. The van der Waals surface area contributed by atoms with Crippen LogP contribution >= 0.6 is 11.3 Å². The van der Waals surface area contributed by atoms with Crippen LogP contribution in [0.5, 0.6) is 0 Å². The summed E-state index contributed by atoms with van der Waals surface area (Å²) in [5.41, 5.74) is 2.34. The normalized spacial score (nSPS) is 20.0. The summed E-state index contributed by atoms with van der Waals surface area (Å²) in [7, 11) is 0. The number of rotatable bonds is 5. The summed E-state index contributed by atoms with van der Waals surface area (Å²) in [5, 5.41) is 6.27. The fraction of sp³-hybridized carbons (Fsp3) is 0.588. The molecule has 0 bridgehead atoms. The fourth-order valence-electron chi connectivity index (χ4n) is 3.29. The Labute approximate surface area is 130 Å². The second kappa shape index (κ2) is 6.75. The van der Waals surface area contributed by atoms with Crippen molar-refractivity contribution in [2.24, 2.45) is 0 Å². The molecule has 21 heavy (non-hydrogen) atoms. The van der Waals surface area contributed by atoms with Gasteiger partial charge in [0.1, 0.15) is 5.76 Å². The van der Waals surface area contributed by atoms with E-state index in [1.165, 1.54) is 49.1 Å². The fourth-order valence-corrected chi connectivity index (χ4v) is 4.01. The molecule has 2 aromatic heterocycles. The van der Waals surface area contributed by atoms with Gasteiger partial charge in [0.05, 0.1) is 5.69 Å². The summed E-state index contributed by atoms with van der Waals surface area (Å²) < 4.78 is 5.32. The van der Waals surface area contributed by atoms with E-state index in [0.717, 1.165) is 18.0 Å². The summed E-state index contributed by atoms with van der Waals surface area (Å²) in [5.74, 6) is 0.982. The zero-order valence-corrected chi connectivity index (χ0v) is 13.8. The highest BCUT2D eigenvalue weighted by molar-refractivity contribution is 7.09. The quantitative estimate of drug-likeness (QED) is 0.823. The number of aromatic nitrogens is 1. The second-order valence-corrected chi connectivity index (χ2v) is 7.07. The van der Waals surface area contributed by atoms with Gasteiger partial charge in [0, 0.05) is 23.0 Å². The molecule has 2 aromatic rings. The number of piperidine rings is 1. The number of hydrogen-bond donors (Lipinski definition) is 0. The lowest BCUT2D eigenvalue weighted by Crippen LogP contribution is -2.39. The van der Waals surface area contributed by atoms with Crippen molar-refractivity contribution in [3.8, 4) is 0 Å². The topological polar surface area (TPSA) is 29.3 Å². The van der Waals surface area contributed by atoms with E-state index in [4.69, 9.17) is 4.52 Å². The van der Waals surface area contributed by atoms with Gasteiger partial charge >= 0.3 is 0 Å². The lowest BCUT2D eigenvalue weighted by molar-refractivity contribution is 0.132. The molecule has 0 unspecified atom stereocenters. The number of nitrogens with zero attached hydrogens (tertiary/aromatic N) is 2. The van der Waals surface area contributed by atoms with Crippen LogP contribution in [0.15, 0.2) is 22.0 Å². The predicted molar refractivity (Wildman–Crippen MR) is 86.7 cm³/mol. The van der Waals surface area contributed by atoms with Crippen LogP contribution in [0.2, 0.25) is 0 Å². The Bertz CT molecular complexity index is 542. The molecule has 3 heterocycles. The molecule has 0 aromatic carbocycles. The van der Waals surface area contributed by atoms with Crippen molar-refractivity contribution >= 4 is 11.3 Å². The molecule has 0 spiro atoms. The standard InChI is InChI=1S/C17H24N2OS/c1-13-17(14(2)20-18-13)12-19-10-4-3-6-15(19)8-9-16-7-5-11-21-16/h5,7,11,15H,3-4,6,8-10,12H2,1-2H3/t15-/m0/s1. The van der Waals surface area contributed by atoms with E-state index >= 15 is 0 Å². The molecule has 0 saturated carbocycles. The van der Waals surface area contributed by atoms with Crippen molar-refractivity contribution in [3.63, 3.8) is 0 Å². The minimum Gasteiger partial charge on any atom is -0.361 e. The van der Waals surface area contributed by atoms with Gasteiger partial charge < -0.3 is 4.52 Å². The first-order valence-corrected chi connectivity index (χ1v) is 8.80. The lowest BCUT2D eigenvalue weighted by Gasteiger charge is -2.35. The largest absolute Gasteiger partial charge is 0.361 e. The zero-order valence-electron chi connectivity index (χ0n) is 13.0. The van der Waals surface area contributed by atoms with E-state index in [1.54, 1.807) is 0 Å². The van der Waals surface area contributed by atoms with Crippen molar-refractivity contribution in [3.05, 3.63) is 39.4 Å². The first kappa shape index (κ1) is 14.8. The molecule has 114 valence electrons. The third-order valence-electron chi connectivity index (χ3n) is 4.60. The minimum atomic E-state index is 0.703. The Balaban J connectivity index is 1.64. The maximum atomic E-state index is 5.32. The average molecular weight is 304 g/mol. The third kappa shape index (κ3) is 3.55. The van der Waals surface area contributed by atoms with Crippen LogP contribution in [0.4, 0.5) is 0 Å². The van der Waals surface area contributed by atoms with E-state index in [1.807, 2.05) is 18.3 Å². The SMILES string of the molecule is Cc1noc(C)c1CN1CCCC[C@H]1CCc1cccs1. The van der Waals surface area contributed by atoms with Crippen molar-refractivity contribution in [2.45, 2.75) is 58.5 Å². The maximum absolute atomic E-state index is 5.32. The molecule has 1 saturated heterocycles. The summed E-state index contributed by atoms with van der Waals surface area (Å²) in [4.78, 5) is 4.15. The van der Waals surface area contributed by atoms with Gasteiger partial charge in [-0.05, 0) is 57.5 Å². The molecular weight excluding hydrogens is 280 g/mol. The Morgan fingerprint density at radius 3 is 3.00 bits per heavy atom. The zero-order chi connectivity index (χ0) is 14.7. The number of thiophene rings is 1. The molecule has 1 fully saturated rings. The van der Waals surface area contributed by atoms with Gasteiger partial charge in [-0.2, -0.15) is 0 Å². The van der Waals surface area contributed by atoms with Crippen LogP contribution in [-0.2, 0) is 13.0 Å². The van der Waals surface area contributed by atoms with E-state index in [-0.39, 0.29) is 0 Å². The van der Waals surface area contributed by atoms with Crippen molar-refractivity contribution < 1.29 is 4.52 Å². The van der Waals surface area contributed by atoms with Crippen molar-refractivity contribution in [1.29, 1.82) is 0 Å². The molecule has 3 nitrogen and oxygen atoms in total. The predicted octanol–water partition coefficient (Wildman–Crippen LogP) is 4.34. The summed E-state index contributed by atoms with van der Waals surface area (Å²) in [6, 6.07) is 5.11. The Hall–Kier alpha value is -1.13. The highest BCUT2D eigenvalue weighted by Gasteiger charge is 2.24. The maximum Gasteiger partial charge on any atom is 0.138 e. The summed E-state index contributed by atoms with van der Waals surface area (Å²) >= 11 is 1.88. The lowest BCUT2D eigenvalue weighted by atomic mass is 9.96. The summed E-state index contributed by atoms with van der Waals surface area (Å²) in [6.45, 7) is 6.28. The van der Waals surface area contributed by atoms with Crippen LogP contribution < -0.4 is 0 Å². The molecule has 1 aliphatic heterocycles. The highest BCUT2D eigenvalue weighted by atomic mass is 32.1. The van der Waals surface area contributed by atoms with E-state index < -0.39 is 0 Å². The highest BCUT2D eigenvalue weighted by Crippen LogP contribution is 2.26. The van der Waals surface area contributed by atoms with Crippen molar-refractivity contribution in [1.82, 2.24) is 10.1 Å². The minimum absolute atomic E-state index is 0.703. The van der Waals surface area contributed by atoms with Crippen LogP contribution in [0.3, 0.4) is 0 Å². The van der Waals surface area contributed by atoms with Crippen LogP contribution in [0, 0.1) is 13.8 Å². The van der Waals surface area contributed by atoms with Gasteiger partial charge in [-0.25, -0.2) is 0 Å². The van der Waals surface area contributed by atoms with Gasteiger partial charge in [-0.1, -0.05) is 17.6 Å². The number of hydrogen-bond acceptors (Lipinski definition) is 4. The van der Waals surface area contributed by atoms with E-state index in [2.05, 4.69) is 34.5 Å². The molecule has 4 heteroatoms. The van der Waals surface area contributed by atoms with Gasteiger partial charge in [0.15, 0.2) is 0 Å². The monoisotopic (exact) mass is 304 g/mol. The third-order valence-corrected chi connectivity index (χ3v) is 5.53. The van der Waals surface area contributed by atoms with Crippen LogP contribution in [0.1, 0.15) is 47.6 Å². The molecule has 0 radical (unpaired) electrons. The van der Waals surface area contributed by atoms with Gasteiger partial charge in [-0.15, -0.1) is 11.3 Å². The molecule has 3 rings (SSSR count). The van der Waals surface area contributed by atoms with E-state index in [0.29, 0.717) is 6.04 Å². The van der Waals surface area contributed by atoms with Gasteiger partial charge in [-0.3, -0.25) is 4.90 Å². The van der Waals surface area contributed by atoms with Crippen molar-refractivity contribution in [2.75, 3.05) is 6.54 Å². The second-order valence-electron chi connectivity index (χ2n) is 6.04. The van der Waals surface area contributed by atoms with Gasteiger partial charge in [0.25, 0.3) is 0 Å². The molecule has 1 aliphatic rings. The molecular formula is C17H24N2OS.